The van der Waals surface area contributed by atoms with Crippen LogP contribution in [0.15, 0.2) is 24.3 Å². The molecular formula is C8H6F3NO3. The summed E-state index contributed by atoms with van der Waals surface area (Å²) in [4.78, 5) is 9.44. The van der Waals surface area contributed by atoms with Crippen molar-refractivity contribution in [3.63, 3.8) is 0 Å². The number of hydrogen-bond acceptors (Lipinski definition) is 3. The highest BCUT2D eigenvalue weighted by atomic mass is 19.3. The van der Waals surface area contributed by atoms with Gasteiger partial charge in [0.1, 0.15) is 0 Å². The molecule has 0 aromatic heterocycles. The second-order valence-corrected chi connectivity index (χ2v) is 2.80. The van der Waals surface area contributed by atoms with Gasteiger partial charge in [0.05, 0.1) is 4.92 Å². The molecule has 0 saturated heterocycles. The fourth-order valence-corrected chi connectivity index (χ4v) is 0.997. The third kappa shape index (κ3) is 2.66. The molecule has 1 atom stereocenters. The van der Waals surface area contributed by atoms with E-state index in [9.17, 15) is 23.3 Å². The van der Waals surface area contributed by atoms with Gasteiger partial charge in [-0.05, 0) is 5.56 Å². The normalized spacial score (nSPS) is 13.6. The van der Waals surface area contributed by atoms with Gasteiger partial charge in [-0.3, -0.25) is 10.1 Å². The molecule has 0 saturated carbocycles. The molecule has 0 aliphatic heterocycles. The smallest absolute Gasteiger partial charge is 0.379 e. The number of hydrogen-bond donors (Lipinski definition) is 1. The summed E-state index contributed by atoms with van der Waals surface area (Å²) < 4.78 is 36.1. The van der Waals surface area contributed by atoms with Gasteiger partial charge in [-0.2, -0.15) is 13.2 Å². The molecule has 1 unspecified atom stereocenters. The average Bonchev–Trinajstić information content (AvgIpc) is 2.15. The summed E-state index contributed by atoms with van der Waals surface area (Å²) in [6.45, 7) is 0. The first-order valence-electron chi connectivity index (χ1n) is 3.81. The summed E-state index contributed by atoms with van der Waals surface area (Å²) in [6.07, 6.45) is -7.52. The predicted octanol–water partition coefficient (Wildman–Crippen LogP) is 2.19. The van der Waals surface area contributed by atoms with Gasteiger partial charge >= 0.3 is 6.18 Å². The third-order valence-corrected chi connectivity index (χ3v) is 1.71. The second-order valence-electron chi connectivity index (χ2n) is 2.80. The zero-order valence-corrected chi connectivity index (χ0v) is 7.23. The Morgan fingerprint density at radius 2 is 2.00 bits per heavy atom. The minimum Gasteiger partial charge on any atom is -0.379 e. The first-order valence-corrected chi connectivity index (χ1v) is 3.81. The SMILES string of the molecule is O=[N+]([O-])c1cccc(C(O)C(F)(F)[18F])c1. The van der Waals surface area contributed by atoms with E-state index >= 15 is 0 Å². The van der Waals surface area contributed by atoms with Crippen molar-refractivity contribution in [1.82, 2.24) is 0 Å². The van der Waals surface area contributed by atoms with E-state index < -0.39 is 28.5 Å². The van der Waals surface area contributed by atoms with E-state index in [-0.39, 0.29) is 0 Å². The average molecular weight is 220 g/mol. The Bertz CT molecular complexity index is 378. The molecular weight excluding hydrogens is 214 g/mol. The molecule has 0 radical (unpaired) electrons. The highest BCUT2D eigenvalue weighted by Crippen LogP contribution is 2.33. The Morgan fingerprint density at radius 1 is 1.40 bits per heavy atom. The molecule has 0 heterocycles. The molecule has 1 rings (SSSR count). The van der Waals surface area contributed by atoms with Gasteiger partial charge in [0, 0.05) is 12.1 Å². The number of rotatable bonds is 2. The van der Waals surface area contributed by atoms with Crippen LogP contribution in [0.5, 0.6) is 0 Å². The van der Waals surface area contributed by atoms with Gasteiger partial charge < -0.3 is 5.11 Å². The van der Waals surface area contributed by atoms with E-state index in [2.05, 4.69) is 0 Å². The molecule has 1 aromatic carbocycles. The predicted molar refractivity (Wildman–Crippen MR) is 44.1 cm³/mol. The van der Waals surface area contributed by atoms with Gasteiger partial charge in [-0.25, -0.2) is 0 Å². The van der Waals surface area contributed by atoms with Crippen molar-refractivity contribution in [3.05, 3.63) is 39.9 Å². The first-order chi connectivity index (χ1) is 6.82. The minimum atomic E-state index is -4.82. The Labute approximate surface area is 82.1 Å². The topological polar surface area (TPSA) is 63.4 Å². The van der Waals surface area contributed by atoms with Gasteiger partial charge in [0.25, 0.3) is 5.69 Å². The van der Waals surface area contributed by atoms with Crippen molar-refractivity contribution in [1.29, 1.82) is 0 Å². The van der Waals surface area contributed by atoms with Gasteiger partial charge in [0.2, 0.25) is 0 Å². The van der Waals surface area contributed by atoms with Crippen LogP contribution < -0.4 is 0 Å². The summed E-state index contributed by atoms with van der Waals surface area (Å²) in [6, 6.07) is 3.80. The quantitative estimate of drug-likeness (QED) is 0.613. The van der Waals surface area contributed by atoms with Crippen LogP contribution >= 0.6 is 0 Å². The standard InChI is InChI=1S/C8H6F3NO3/c9-8(10,11)7(13)5-2-1-3-6(4-5)12(14)15/h1-4,7,13H/i9-1. The van der Waals surface area contributed by atoms with E-state index in [1.165, 1.54) is 0 Å². The van der Waals surface area contributed by atoms with Crippen molar-refractivity contribution < 1.29 is 23.2 Å². The van der Waals surface area contributed by atoms with Crippen LogP contribution in [0.25, 0.3) is 0 Å². The van der Waals surface area contributed by atoms with Gasteiger partial charge in [0.15, 0.2) is 6.10 Å². The van der Waals surface area contributed by atoms with Gasteiger partial charge in [-0.15, -0.1) is 0 Å². The molecule has 0 spiro atoms. The second kappa shape index (κ2) is 3.85. The molecule has 0 bridgehead atoms. The maximum atomic E-state index is 12.0. The van der Waals surface area contributed by atoms with Crippen LogP contribution in [0.1, 0.15) is 11.7 Å². The molecule has 1 N–H and O–H groups in total. The van der Waals surface area contributed by atoms with Gasteiger partial charge in [-0.1, -0.05) is 12.1 Å². The molecule has 0 amide bonds. The summed E-state index contributed by atoms with van der Waals surface area (Å²) in [5.41, 5.74) is -1.03. The fourth-order valence-electron chi connectivity index (χ4n) is 0.997. The monoisotopic (exact) mass is 220 g/mol. The number of nitrogens with zero attached hydrogens (tertiary/aromatic N) is 1. The lowest BCUT2D eigenvalue weighted by Gasteiger charge is -2.14. The van der Waals surface area contributed by atoms with Crippen LogP contribution in [0, 0.1) is 10.1 Å². The minimum absolute atomic E-state index is 0.490. The molecule has 7 heteroatoms. The number of non-ortho nitro benzene ring substituents is 1. The summed E-state index contributed by atoms with van der Waals surface area (Å²) in [5.74, 6) is 0. The molecule has 4 nitrogen and oxygen atoms in total. The van der Waals surface area contributed by atoms with Crippen molar-refractivity contribution in [2.45, 2.75) is 12.3 Å². The number of benzene rings is 1. The number of nitro groups is 1. The first kappa shape index (κ1) is 11.4. The van der Waals surface area contributed by atoms with E-state index in [4.69, 9.17) is 5.11 Å². The number of aliphatic hydroxyl groups excluding tert-OH is 1. The number of alkyl halides is 3. The summed E-state index contributed by atoms with van der Waals surface area (Å²) in [5, 5.41) is 19.1. The largest absolute Gasteiger partial charge is 0.418 e. The number of halogens is 3. The van der Waals surface area contributed by atoms with Crippen molar-refractivity contribution in [2.75, 3.05) is 0 Å². The third-order valence-electron chi connectivity index (χ3n) is 1.71. The maximum absolute atomic E-state index is 12.0. The van der Waals surface area contributed by atoms with Crippen LogP contribution in [0.4, 0.5) is 18.9 Å². The molecule has 1 aromatic rings. The Kier molecular flexibility index (Phi) is 2.94. The lowest BCUT2D eigenvalue weighted by Crippen LogP contribution is -2.20. The summed E-state index contributed by atoms with van der Waals surface area (Å²) >= 11 is 0. The van der Waals surface area contributed by atoms with Crippen LogP contribution in [0.3, 0.4) is 0 Å². The van der Waals surface area contributed by atoms with Crippen LogP contribution in [-0.4, -0.2) is 16.2 Å². The van der Waals surface area contributed by atoms with Crippen LogP contribution in [-0.2, 0) is 0 Å². The molecule has 0 fully saturated rings. The Hall–Kier alpha value is -1.63. The molecule has 15 heavy (non-hydrogen) atoms. The lowest BCUT2D eigenvalue weighted by molar-refractivity contribution is -0.385. The fraction of sp³-hybridized carbons (Fsp3) is 0.250. The van der Waals surface area contributed by atoms with E-state index in [0.717, 1.165) is 18.2 Å². The Balaban J connectivity index is 3.06. The molecule has 82 valence electrons. The van der Waals surface area contributed by atoms with Crippen molar-refractivity contribution in [3.8, 4) is 0 Å². The van der Waals surface area contributed by atoms with Crippen LogP contribution in [0.2, 0.25) is 0 Å². The van der Waals surface area contributed by atoms with E-state index in [1.807, 2.05) is 0 Å². The van der Waals surface area contributed by atoms with E-state index in [0.29, 0.717) is 6.07 Å². The number of aliphatic hydroxyl groups is 1. The lowest BCUT2D eigenvalue weighted by atomic mass is 10.1. The molecule has 0 aliphatic carbocycles. The Morgan fingerprint density at radius 3 is 2.47 bits per heavy atom. The summed E-state index contributed by atoms with van der Waals surface area (Å²) in [7, 11) is 0. The molecule has 0 aliphatic rings. The van der Waals surface area contributed by atoms with Crippen molar-refractivity contribution in [2.24, 2.45) is 0 Å². The zero-order valence-electron chi connectivity index (χ0n) is 7.23. The van der Waals surface area contributed by atoms with Crippen molar-refractivity contribution >= 4 is 5.69 Å². The zero-order chi connectivity index (χ0) is 11.6. The highest BCUT2D eigenvalue weighted by molar-refractivity contribution is 5.35. The maximum Gasteiger partial charge on any atom is 0.418 e. The number of nitro benzene ring substituents is 1. The van der Waals surface area contributed by atoms with E-state index in [1.54, 1.807) is 0 Å². The highest BCUT2D eigenvalue weighted by Gasteiger charge is 2.39.